The van der Waals surface area contributed by atoms with Gasteiger partial charge in [0.25, 0.3) is 0 Å². The number of furan rings is 1. The quantitative estimate of drug-likeness (QED) is 0.893. The Morgan fingerprint density at radius 1 is 1.37 bits per heavy atom. The van der Waals surface area contributed by atoms with Gasteiger partial charge in [-0.2, -0.15) is 0 Å². The van der Waals surface area contributed by atoms with E-state index in [1.54, 1.807) is 6.26 Å². The summed E-state index contributed by atoms with van der Waals surface area (Å²) in [5.74, 6) is 1.67. The molecule has 3 rings (SSSR count). The topological polar surface area (TPSA) is 42.6 Å². The summed E-state index contributed by atoms with van der Waals surface area (Å²) in [4.78, 5) is 0. The molecule has 3 heteroatoms. The summed E-state index contributed by atoms with van der Waals surface area (Å²) in [5.41, 5.74) is 1.68. The molecule has 0 amide bonds. The Morgan fingerprint density at radius 3 is 2.95 bits per heavy atom. The van der Waals surface area contributed by atoms with Gasteiger partial charge in [-0.15, -0.1) is 0 Å². The summed E-state index contributed by atoms with van der Waals surface area (Å²) in [5, 5.41) is 10.5. The summed E-state index contributed by atoms with van der Waals surface area (Å²) in [6.07, 6.45) is 4.38. The SMILES string of the molecule is CCc1occc1C(O)c1cccc(OC2CC2)c1. The van der Waals surface area contributed by atoms with E-state index in [0.29, 0.717) is 6.10 Å². The second kappa shape index (κ2) is 5.10. The molecule has 1 atom stereocenters. The molecular formula is C16H18O3. The first-order valence-electron chi connectivity index (χ1n) is 6.79. The zero-order chi connectivity index (χ0) is 13.2. The molecule has 1 saturated carbocycles. The van der Waals surface area contributed by atoms with E-state index in [1.165, 1.54) is 0 Å². The van der Waals surface area contributed by atoms with Gasteiger partial charge in [0, 0.05) is 12.0 Å². The van der Waals surface area contributed by atoms with Crippen LogP contribution in [0.25, 0.3) is 0 Å². The third kappa shape index (κ3) is 2.66. The van der Waals surface area contributed by atoms with Crippen LogP contribution in [0.3, 0.4) is 0 Å². The molecule has 1 unspecified atom stereocenters. The van der Waals surface area contributed by atoms with Crippen LogP contribution >= 0.6 is 0 Å². The van der Waals surface area contributed by atoms with Crippen molar-refractivity contribution in [2.45, 2.75) is 38.4 Å². The number of rotatable bonds is 5. The van der Waals surface area contributed by atoms with E-state index >= 15 is 0 Å². The Balaban J connectivity index is 1.84. The fourth-order valence-electron chi connectivity index (χ4n) is 2.20. The molecule has 1 heterocycles. The number of benzene rings is 1. The van der Waals surface area contributed by atoms with Gasteiger partial charge in [-0.1, -0.05) is 19.1 Å². The van der Waals surface area contributed by atoms with E-state index in [1.807, 2.05) is 37.3 Å². The van der Waals surface area contributed by atoms with E-state index < -0.39 is 6.10 Å². The van der Waals surface area contributed by atoms with Crippen molar-refractivity contribution in [2.24, 2.45) is 0 Å². The molecule has 0 radical (unpaired) electrons. The third-order valence-corrected chi connectivity index (χ3v) is 3.40. The molecule has 0 saturated heterocycles. The fraction of sp³-hybridized carbons (Fsp3) is 0.375. The molecule has 3 nitrogen and oxygen atoms in total. The molecule has 19 heavy (non-hydrogen) atoms. The predicted molar refractivity (Wildman–Crippen MR) is 72.2 cm³/mol. The molecule has 1 aliphatic carbocycles. The summed E-state index contributed by atoms with van der Waals surface area (Å²) in [6, 6.07) is 9.51. The average Bonchev–Trinajstić information content (AvgIpc) is 3.11. The van der Waals surface area contributed by atoms with E-state index in [0.717, 1.165) is 41.9 Å². The van der Waals surface area contributed by atoms with Gasteiger partial charge in [-0.25, -0.2) is 0 Å². The normalized spacial score (nSPS) is 16.3. The van der Waals surface area contributed by atoms with E-state index in [4.69, 9.17) is 9.15 Å². The van der Waals surface area contributed by atoms with Gasteiger partial charge in [0.05, 0.1) is 12.4 Å². The monoisotopic (exact) mass is 258 g/mol. The van der Waals surface area contributed by atoms with Crippen molar-refractivity contribution in [3.63, 3.8) is 0 Å². The van der Waals surface area contributed by atoms with Gasteiger partial charge in [-0.3, -0.25) is 0 Å². The lowest BCUT2D eigenvalue weighted by Crippen LogP contribution is -2.02. The van der Waals surface area contributed by atoms with Gasteiger partial charge in [0.15, 0.2) is 0 Å². The summed E-state index contributed by atoms with van der Waals surface area (Å²) < 4.78 is 11.1. The molecule has 0 bridgehead atoms. The number of ether oxygens (including phenoxy) is 1. The van der Waals surface area contributed by atoms with Crippen LogP contribution in [-0.4, -0.2) is 11.2 Å². The number of hydrogen-bond donors (Lipinski definition) is 1. The molecular weight excluding hydrogens is 240 g/mol. The first-order chi connectivity index (χ1) is 9.28. The lowest BCUT2D eigenvalue weighted by atomic mass is 10.0. The number of aliphatic hydroxyl groups is 1. The molecule has 0 aliphatic heterocycles. The van der Waals surface area contributed by atoms with Gasteiger partial charge >= 0.3 is 0 Å². The Bertz CT molecular complexity index is 555. The van der Waals surface area contributed by atoms with Crippen molar-refractivity contribution in [1.82, 2.24) is 0 Å². The van der Waals surface area contributed by atoms with Crippen molar-refractivity contribution in [2.75, 3.05) is 0 Å². The van der Waals surface area contributed by atoms with Crippen molar-refractivity contribution >= 4 is 0 Å². The van der Waals surface area contributed by atoms with Crippen molar-refractivity contribution in [3.8, 4) is 5.75 Å². The fourth-order valence-corrected chi connectivity index (χ4v) is 2.20. The molecule has 1 aromatic carbocycles. The van der Waals surface area contributed by atoms with Crippen LogP contribution in [0.2, 0.25) is 0 Å². The number of hydrogen-bond acceptors (Lipinski definition) is 3. The maximum Gasteiger partial charge on any atom is 0.120 e. The minimum Gasteiger partial charge on any atom is -0.490 e. The van der Waals surface area contributed by atoms with Crippen molar-refractivity contribution in [1.29, 1.82) is 0 Å². The van der Waals surface area contributed by atoms with Crippen LogP contribution in [0, 0.1) is 0 Å². The Labute approximate surface area is 112 Å². The lowest BCUT2D eigenvalue weighted by molar-refractivity contribution is 0.216. The molecule has 1 aromatic heterocycles. The standard InChI is InChI=1S/C16H18O3/c1-2-15-14(8-9-18-15)16(17)11-4-3-5-13(10-11)19-12-6-7-12/h3-5,8-10,12,16-17H,2,6-7H2,1H3. The lowest BCUT2D eigenvalue weighted by Gasteiger charge is -2.12. The predicted octanol–water partition coefficient (Wildman–Crippen LogP) is 3.46. The summed E-state index contributed by atoms with van der Waals surface area (Å²) >= 11 is 0. The van der Waals surface area contributed by atoms with Crippen LogP contribution in [0.1, 0.15) is 42.8 Å². The molecule has 0 spiro atoms. The Kier molecular flexibility index (Phi) is 3.30. The molecule has 1 fully saturated rings. The highest BCUT2D eigenvalue weighted by Gasteiger charge is 2.24. The number of aliphatic hydroxyl groups excluding tert-OH is 1. The Morgan fingerprint density at radius 2 is 2.21 bits per heavy atom. The third-order valence-electron chi connectivity index (χ3n) is 3.40. The van der Waals surface area contributed by atoms with Crippen molar-refractivity contribution in [3.05, 3.63) is 53.5 Å². The molecule has 1 aliphatic rings. The van der Waals surface area contributed by atoms with Crippen LogP contribution in [0.15, 0.2) is 41.0 Å². The van der Waals surface area contributed by atoms with Gasteiger partial charge in [0.1, 0.15) is 17.6 Å². The largest absolute Gasteiger partial charge is 0.490 e. The summed E-state index contributed by atoms with van der Waals surface area (Å²) in [6.45, 7) is 2.02. The highest BCUT2D eigenvalue weighted by Crippen LogP contribution is 2.31. The zero-order valence-corrected chi connectivity index (χ0v) is 11.0. The molecule has 1 N–H and O–H groups in total. The van der Waals surface area contributed by atoms with Crippen LogP contribution in [-0.2, 0) is 6.42 Å². The minimum absolute atomic E-state index is 0.368. The molecule has 2 aromatic rings. The maximum atomic E-state index is 10.5. The smallest absolute Gasteiger partial charge is 0.120 e. The first-order valence-corrected chi connectivity index (χ1v) is 6.79. The second-order valence-electron chi connectivity index (χ2n) is 4.94. The Hall–Kier alpha value is -1.74. The van der Waals surface area contributed by atoms with Crippen molar-refractivity contribution < 1.29 is 14.3 Å². The van der Waals surface area contributed by atoms with E-state index in [-0.39, 0.29) is 0 Å². The van der Waals surface area contributed by atoms with Crippen LogP contribution in [0.5, 0.6) is 5.75 Å². The van der Waals surface area contributed by atoms with Crippen LogP contribution < -0.4 is 4.74 Å². The highest BCUT2D eigenvalue weighted by atomic mass is 16.5. The van der Waals surface area contributed by atoms with Gasteiger partial charge in [0.2, 0.25) is 0 Å². The summed E-state index contributed by atoms with van der Waals surface area (Å²) in [7, 11) is 0. The minimum atomic E-state index is -0.656. The average molecular weight is 258 g/mol. The molecule has 100 valence electrons. The van der Waals surface area contributed by atoms with E-state index in [2.05, 4.69) is 0 Å². The van der Waals surface area contributed by atoms with E-state index in [9.17, 15) is 5.11 Å². The highest BCUT2D eigenvalue weighted by molar-refractivity contribution is 5.36. The number of aryl methyl sites for hydroxylation is 1. The van der Waals surface area contributed by atoms with Gasteiger partial charge < -0.3 is 14.3 Å². The van der Waals surface area contributed by atoms with Crippen LogP contribution in [0.4, 0.5) is 0 Å². The maximum absolute atomic E-state index is 10.5. The zero-order valence-electron chi connectivity index (χ0n) is 11.0. The first kappa shape index (κ1) is 12.3. The van der Waals surface area contributed by atoms with Gasteiger partial charge in [-0.05, 0) is 36.6 Å². The second-order valence-corrected chi connectivity index (χ2v) is 4.94.